The highest BCUT2D eigenvalue weighted by atomic mass is 19.1. The summed E-state index contributed by atoms with van der Waals surface area (Å²) in [6.45, 7) is 4.06. The molecule has 0 aliphatic heterocycles. The van der Waals surface area contributed by atoms with Gasteiger partial charge in [0.25, 0.3) is 0 Å². The summed E-state index contributed by atoms with van der Waals surface area (Å²) in [4.78, 5) is 0. The molecule has 0 saturated carbocycles. The lowest BCUT2D eigenvalue weighted by Crippen LogP contribution is -2.23. The maximum absolute atomic E-state index is 13.1. The van der Waals surface area contributed by atoms with Gasteiger partial charge in [-0.15, -0.1) is 0 Å². The molecule has 1 N–H and O–H groups in total. The van der Waals surface area contributed by atoms with E-state index < -0.39 is 0 Å². The molecular formula is C16H22FN3. The van der Waals surface area contributed by atoms with Crippen molar-refractivity contribution >= 4 is 0 Å². The Morgan fingerprint density at radius 3 is 2.65 bits per heavy atom. The fraction of sp³-hybridized carbons (Fsp3) is 0.438. The van der Waals surface area contributed by atoms with Gasteiger partial charge in [-0.25, -0.2) is 4.39 Å². The minimum absolute atomic E-state index is 0.185. The Kier molecular flexibility index (Phi) is 5.30. The number of halogens is 1. The SMILES string of the molecule is CCCNCC(Cc1cnn(C)c1)c1ccc(F)cc1. The molecule has 108 valence electrons. The molecule has 1 aromatic heterocycles. The summed E-state index contributed by atoms with van der Waals surface area (Å²) in [5, 5.41) is 7.66. The number of benzene rings is 1. The second kappa shape index (κ2) is 7.20. The molecule has 3 nitrogen and oxygen atoms in total. The second-order valence-electron chi connectivity index (χ2n) is 5.18. The van der Waals surface area contributed by atoms with Gasteiger partial charge in [0.05, 0.1) is 6.20 Å². The Balaban J connectivity index is 2.09. The Hall–Kier alpha value is -1.68. The van der Waals surface area contributed by atoms with Crippen molar-refractivity contribution in [3.63, 3.8) is 0 Å². The lowest BCUT2D eigenvalue weighted by molar-refractivity contribution is 0.573. The van der Waals surface area contributed by atoms with E-state index in [1.165, 1.54) is 23.3 Å². The first-order chi connectivity index (χ1) is 9.69. The van der Waals surface area contributed by atoms with Gasteiger partial charge in [-0.1, -0.05) is 19.1 Å². The molecule has 1 aromatic carbocycles. The third-order valence-corrected chi connectivity index (χ3v) is 3.40. The highest BCUT2D eigenvalue weighted by molar-refractivity contribution is 5.23. The Bertz CT molecular complexity index is 519. The normalized spacial score (nSPS) is 12.6. The monoisotopic (exact) mass is 275 g/mol. The van der Waals surface area contributed by atoms with E-state index in [1.807, 2.05) is 36.3 Å². The molecule has 0 aliphatic rings. The van der Waals surface area contributed by atoms with E-state index in [-0.39, 0.29) is 5.82 Å². The highest BCUT2D eigenvalue weighted by Crippen LogP contribution is 2.20. The van der Waals surface area contributed by atoms with Gasteiger partial charge in [-0.3, -0.25) is 4.68 Å². The first kappa shape index (κ1) is 14.7. The van der Waals surface area contributed by atoms with Gasteiger partial charge in [-0.05, 0) is 42.6 Å². The second-order valence-corrected chi connectivity index (χ2v) is 5.18. The zero-order valence-corrected chi connectivity index (χ0v) is 12.1. The average Bonchev–Trinajstić information content (AvgIpc) is 2.84. The molecule has 0 bridgehead atoms. The number of hydrogen-bond acceptors (Lipinski definition) is 2. The van der Waals surface area contributed by atoms with Crippen molar-refractivity contribution in [3.05, 3.63) is 53.6 Å². The summed E-state index contributed by atoms with van der Waals surface area (Å²) in [5.74, 6) is 0.154. The predicted molar refractivity (Wildman–Crippen MR) is 79.2 cm³/mol. The van der Waals surface area contributed by atoms with Gasteiger partial charge in [0.15, 0.2) is 0 Å². The average molecular weight is 275 g/mol. The molecule has 4 heteroatoms. The lowest BCUT2D eigenvalue weighted by atomic mass is 9.93. The first-order valence-electron chi connectivity index (χ1n) is 7.12. The van der Waals surface area contributed by atoms with E-state index in [4.69, 9.17) is 0 Å². The van der Waals surface area contributed by atoms with E-state index >= 15 is 0 Å². The van der Waals surface area contributed by atoms with Crippen LogP contribution in [0, 0.1) is 5.82 Å². The molecule has 1 heterocycles. The summed E-state index contributed by atoms with van der Waals surface area (Å²) in [6, 6.07) is 6.82. The third kappa shape index (κ3) is 4.17. The molecule has 2 aromatic rings. The molecule has 0 radical (unpaired) electrons. The molecular weight excluding hydrogens is 253 g/mol. The van der Waals surface area contributed by atoms with E-state index in [2.05, 4.69) is 17.3 Å². The maximum Gasteiger partial charge on any atom is 0.123 e. The van der Waals surface area contributed by atoms with Gasteiger partial charge in [0, 0.05) is 25.7 Å². The molecule has 0 fully saturated rings. The quantitative estimate of drug-likeness (QED) is 0.787. The molecule has 2 rings (SSSR count). The van der Waals surface area contributed by atoms with Crippen molar-refractivity contribution in [1.82, 2.24) is 15.1 Å². The Labute approximate surface area is 119 Å². The smallest absolute Gasteiger partial charge is 0.123 e. The van der Waals surface area contributed by atoms with Crippen LogP contribution in [0.25, 0.3) is 0 Å². The standard InChI is InChI=1S/C16H22FN3/c1-3-8-18-11-15(9-13-10-19-20(2)12-13)14-4-6-16(17)7-5-14/h4-7,10,12,15,18H,3,8-9,11H2,1-2H3. The van der Waals surface area contributed by atoms with Crippen LogP contribution >= 0.6 is 0 Å². The molecule has 0 saturated heterocycles. The van der Waals surface area contributed by atoms with Crippen molar-refractivity contribution in [2.45, 2.75) is 25.7 Å². The van der Waals surface area contributed by atoms with Crippen LogP contribution in [0.2, 0.25) is 0 Å². The molecule has 20 heavy (non-hydrogen) atoms. The van der Waals surface area contributed by atoms with Crippen LogP contribution in [0.3, 0.4) is 0 Å². The molecule has 1 atom stereocenters. The van der Waals surface area contributed by atoms with E-state index in [0.717, 1.165) is 25.9 Å². The number of aryl methyl sites for hydroxylation is 1. The minimum atomic E-state index is -0.185. The van der Waals surface area contributed by atoms with Gasteiger partial charge in [0.2, 0.25) is 0 Å². The summed E-state index contributed by atoms with van der Waals surface area (Å²) in [6.07, 6.45) is 5.96. The van der Waals surface area contributed by atoms with Crippen LogP contribution in [-0.2, 0) is 13.5 Å². The van der Waals surface area contributed by atoms with Crippen LogP contribution in [-0.4, -0.2) is 22.9 Å². The van der Waals surface area contributed by atoms with Crippen molar-refractivity contribution in [3.8, 4) is 0 Å². The van der Waals surface area contributed by atoms with E-state index in [0.29, 0.717) is 5.92 Å². The fourth-order valence-electron chi connectivity index (χ4n) is 2.36. The van der Waals surface area contributed by atoms with Gasteiger partial charge >= 0.3 is 0 Å². The van der Waals surface area contributed by atoms with Crippen molar-refractivity contribution in [1.29, 1.82) is 0 Å². The van der Waals surface area contributed by atoms with Gasteiger partial charge in [-0.2, -0.15) is 5.10 Å². The molecule has 0 spiro atoms. The summed E-state index contributed by atoms with van der Waals surface area (Å²) >= 11 is 0. The van der Waals surface area contributed by atoms with Crippen LogP contribution in [0.1, 0.15) is 30.4 Å². The number of nitrogens with zero attached hydrogens (tertiary/aromatic N) is 2. The third-order valence-electron chi connectivity index (χ3n) is 3.40. The summed E-state index contributed by atoms with van der Waals surface area (Å²) < 4.78 is 14.9. The Morgan fingerprint density at radius 1 is 1.30 bits per heavy atom. The number of aromatic nitrogens is 2. The van der Waals surface area contributed by atoms with Gasteiger partial charge in [0.1, 0.15) is 5.82 Å². The topological polar surface area (TPSA) is 29.9 Å². The van der Waals surface area contributed by atoms with Crippen LogP contribution in [0.15, 0.2) is 36.7 Å². The fourth-order valence-corrected chi connectivity index (χ4v) is 2.36. The van der Waals surface area contributed by atoms with Crippen LogP contribution < -0.4 is 5.32 Å². The van der Waals surface area contributed by atoms with Crippen molar-refractivity contribution in [2.75, 3.05) is 13.1 Å². The number of hydrogen-bond donors (Lipinski definition) is 1. The molecule has 1 unspecified atom stereocenters. The minimum Gasteiger partial charge on any atom is -0.316 e. The van der Waals surface area contributed by atoms with Crippen LogP contribution in [0.4, 0.5) is 4.39 Å². The van der Waals surface area contributed by atoms with Gasteiger partial charge < -0.3 is 5.32 Å². The van der Waals surface area contributed by atoms with Crippen molar-refractivity contribution < 1.29 is 4.39 Å². The van der Waals surface area contributed by atoms with Crippen LogP contribution in [0.5, 0.6) is 0 Å². The zero-order chi connectivity index (χ0) is 14.4. The largest absolute Gasteiger partial charge is 0.316 e. The number of rotatable bonds is 7. The molecule has 0 amide bonds. The molecule has 0 aliphatic carbocycles. The summed E-state index contributed by atoms with van der Waals surface area (Å²) in [7, 11) is 1.92. The Morgan fingerprint density at radius 2 is 2.05 bits per heavy atom. The van der Waals surface area contributed by atoms with E-state index in [1.54, 1.807) is 0 Å². The number of nitrogens with one attached hydrogen (secondary N) is 1. The van der Waals surface area contributed by atoms with E-state index in [9.17, 15) is 4.39 Å². The lowest BCUT2D eigenvalue weighted by Gasteiger charge is -2.17. The summed E-state index contributed by atoms with van der Waals surface area (Å²) in [5.41, 5.74) is 2.37. The first-order valence-corrected chi connectivity index (χ1v) is 7.12. The zero-order valence-electron chi connectivity index (χ0n) is 12.1. The predicted octanol–water partition coefficient (Wildman–Crippen LogP) is 2.89. The maximum atomic E-state index is 13.1. The highest BCUT2D eigenvalue weighted by Gasteiger charge is 2.13. The van der Waals surface area contributed by atoms with Crippen molar-refractivity contribution in [2.24, 2.45) is 7.05 Å².